The molecule has 0 fully saturated rings. The van der Waals surface area contributed by atoms with Crippen molar-refractivity contribution in [3.8, 4) is 0 Å². The minimum Gasteiger partial charge on any atom is -0.282 e. The Morgan fingerprint density at radius 3 is 2.40 bits per heavy atom. The SMILES string of the molecule is Cc1cc(Cl)ccc1[Si](C)(C)c1ccc2c(c1)C(=N)N(N=C=O)C2=N. The number of hydrogen-bond acceptors (Lipinski definition) is 4. The van der Waals surface area contributed by atoms with Crippen molar-refractivity contribution < 1.29 is 4.79 Å². The van der Waals surface area contributed by atoms with E-state index in [0.717, 1.165) is 20.8 Å². The molecular weight excluding hydrogens is 352 g/mol. The van der Waals surface area contributed by atoms with Crippen molar-refractivity contribution in [2.24, 2.45) is 5.10 Å². The quantitative estimate of drug-likeness (QED) is 0.496. The summed E-state index contributed by atoms with van der Waals surface area (Å²) in [6.07, 6.45) is 1.40. The van der Waals surface area contributed by atoms with Gasteiger partial charge in [0.25, 0.3) is 6.08 Å². The number of nitrogens with one attached hydrogen (secondary N) is 2. The lowest BCUT2D eigenvalue weighted by atomic mass is 10.1. The van der Waals surface area contributed by atoms with Gasteiger partial charge < -0.3 is 0 Å². The molecule has 0 unspecified atom stereocenters. The summed E-state index contributed by atoms with van der Waals surface area (Å²) in [6.45, 7) is 6.55. The predicted octanol–water partition coefficient (Wildman–Crippen LogP) is 2.69. The van der Waals surface area contributed by atoms with Gasteiger partial charge in [-0.25, -0.2) is 4.79 Å². The molecular formula is C18H17ClN4OSi. The zero-order valence-electron chi connectivity index (χ0n) is 14.1. The van der Waals surface area contributed by atoms with Crippen molar-refractivity contribution >= 4 is 47.8 Å². The molecule has 0 radical (unpaired) electrons. The number of halogens is 1. The molecule has 25 heavy (non-hydrogen) atoms. The first-order chi connectivity index (χ1) is 11.8. The minimum atomic E-state index is -2.01. The van der Waals surface area contributed by atoms with Crippen LogP contribution in [0.1, 0.15) is 16.7 Å². The summed E-state index contributed by atoms with van der Waals surface area (Å²) < 4.78 is 0. The maximum Gasteiger partial charge on any atom is 0.259 e. The Morgan fingerprint density at radius 1 is 1.08 bits per heavy atom. The molecule has 0 aromatic heterocycles. The van der Waals surface area contributed by atoms with Gasteiger partial charge in [-0.05, 0) is 24.6 Å². The summed E-state index contributed by atoms with van der Waals surface area (Å²) in [6, 6.07) is 11.7. The van der Waals surface area contributed by atoms with E-state index in [9.17, 15) is 4.79 Å². The highest BCUT2D eigenvalue weighted by atomic mass is 35.5. The van der Waals surface area contributed by atoms with E-state index in [1.54, 1.807) is 0 Å². The summed E-state index contributed by atoms with van der Waals surface area (Å²) in [4.78, 5) is 10.5. The molecule has 0 saturated heterocycles. The van der Waals surface area contributed by atoms with Crippen LogP contribution in [-0.4, -0.2) is 30.8 Å². The fourth-order valence-electron chi connectivity index (χ4n) is 3.30. The molecule has 0 saturated carbocycles. The number of aryl methyl sites for hydroxylation is 1. The number of nitrogens with zero attached hydrogens (tertiary/aromatic N) is 2. The number of carbonyl (C=O) groups excluding carboxylic acids is 1. The Bertz CT molecular complexity index is 964. The third kappa shape index (κ3) is 2.74. The molecule has 1 aliphatic heterocycles. The van der Waals surface area contributed by atoms with Crippen LogP contribution in [0, 0.1) is 17.7 Å². The summed E-state index contributed by atoms with van der Waals surface area (Å²) in [7, 11) is -2.01. The van der Waals surface area contributed by atoms with Crippen molar-refractivity contribution in [2.75, 3.05) is 0 Å². The highest BCUT2D eigenvalue weighted by Crippen LogP contribution is 2.23. The summed E-state index contributed by atoms with van der Waals surface area (Å²) >= 11 is 6.09. The highest BCUT2D eigenvalue weighted by Gasteiger charge is 2.34. The van der Waals surface area contributed by atoms with E-state index in [1.165, 1.54) is 11.3 Å². The molecule has 0 atom stereocenters. The maximum atomic E-state index is 10.5. The van der Waals surface area contributed by atoms with Crippen LogP contribution in [0.25, 0.3) is 0 Å². The Kier molecular flexibility index (Phi) is 4.20. The molecule has 1 aliphatic rings. The third-order valence-electron chi connectivity index (χ3n) is 4.68. The van der Waals surface area contributed by atoms with E-state index in [1.807, 2.05) is 30.3 Å². The van der Waals surface area contributed by atoms with Gasteiger partial charge >= 0.3 is 0 Å². The molecule has 0 spiro atoms. The van der Waals surface area contributed by atoms with Gasteiger partial charge in [0.1, 0.15) is 8.07 Å². The lowest BCUT2D eigenvalue weighted by Gasteiger charge is -2.26. The molecule has 0 aliphatic carbocycles. The molecule has 0 amide bonds. The van der Waals surface area contributed by atoms with E-state index in [-0.39, 0.29) is 11.7 Å². The van der Waals surface area contributed by atoms with E-state index in [0.29, 0.717) is 11.1 Å². The van der Waals surface area contributed by atoms with Gasteiger partial charge in [-0.2, -0.15) is 5.01 Å². The number of hydrogen-bond donors (Lipinski definition) is 2. The standard InChI is InChI=1S/C18H17ClN4OSi/c1-11-8-12(19)4-7-16(11)25(2,3)13-5-6-14-15(9-13)18(21)23(17(14)20)22-10-24/h4-9,20-21H,1-3H3. The first kappa shape index (κ1) is 17.3. The van der Waals surface area contributed by atoms with Gasteiger partial charge in [0.15, 0.2) is 11.7 Å². The molecule has 3 rings (SSSR count). The Balaban J connectivity index is 2.10. The Labute approximate surface area is 152 Å². The van der Waals surface area contributed by atoms with Gasteiger partial charge in [0, 0.05) is 16.1 Å². The number of amidine groups is 2. The molecule has 7 heteroatoms. The molecule has 0 bridgehead atoms. The second-order valence-corrected chi connectivity index (χ2v) is 11.3. The van der Waals surface area contributed by atoms with Gasteiger partial charge in [0.2, 0.25) is 0 Å². The zero-order chi connectivity index (χ0) is 18.4. The largest absolute Gasteiger partial charge is 0.282 e. The smallest absolute Gasteiger partial charge is 0.259 e. The van der Waals surface area contributed by atoms with Gasteiger partial charge in [-0.1, -0.05) is 64.4 Å². The first-order valence-electron chi connectivity index (χ1n) is 7.74. The van der Waals surface area contributed by atoms with E-state index in [2.05, 4.69) is 31.2 Å². The van der Waals surface area contributed by atoms with Gasteiger partial charge in [-0.3, -0.25) is 10.8 Å². The van der Waals surface area contributed by atoms with Crippen molar-refractivity contribution in [3.05, 3.63) is 58.1 Å². The molecule has 2 N–H and O–H groups in total. The van der Waals surface area contributed by atoms with Crippen LogP contribution in [0.15, 0.2) is 41.5 Å². The van der Waals surface area contributed by atoms with Crippen molar-refractivity contribution in [2.45, 2.75) is 20.0 Å². The topological polar surface area (TPSA) is 80.4 Å². The van der Waals surface area contributed by atoms with Crippen LogP contribution < -0.4 is 10.4 Å². The second-order valence-electron chi connectivity index (χ2n) is 6.54. The first-order valence-corrected chi connectivity index (χ1v) is 11.1. The average molecular weight is 369 g/mol. The molecule has 2 aromatic rings. The molecule has 1 heterocycles. The number of benzene rings is 2. The van der Waals surface area contributed by atoms with Crippen LogP contribution in [-0.2, 0) is 4.79 Å². The van der Waals surface area contributed by atoms with Crippen LogP contribution in [0.3, 0.4) is 0 Å². The fourth-order valence-corrected chi connectivity index (χ4v) is 6.40. The highest BCUT2D eigenvalue weighted by molar-refractivity contribution is 7.00. The number of fused-ring (bicyclic) bond motifs is 1. The van der Waals surface area contributed by atoms with E-state index in [4.69, 9.17) is 22.4 Å². The van der Waals surface area contributed by atoms with Crippen LogP contribution >= 0.6 is 11.6 Å². The Hall–Kier alpha value is -2.53. The fraction of sp³-hybridized carbons (Fsp3) is 0.167. The van der Waals surface area contributed by atoms with Crippen LogP contribution in [0.2, 0.25) is 18.1 Å². The maximum absolute atomic E-state index is 10.5. The summed E-state index contributed by atoms with van der Waals surface area (Å²) in [5, 5.41) is 23.9. The van der Waals surface area contributed by atoms with E-state index < -0.39 is 8.07 Å². The Morgan fingerprint density at radius 2 is 1.76 bits per heavy atom. The van der Waals surface area contributed by atoms with Crippen molar-refractivity contribution in [1.29, 1.82) is 10.8 Å². The van der Waals surface area contributed by atoms with Gasteiger partial charge in [0.05, 0.1) is 0 Å². The second kappa shape index (κ2) is 6.08. The van der Waals surface area contributed by atoms with Crippen molar-refractivity contribution in [1.82, 2.24) is 5.01 Å². The lowest BCUT2D eigenvalue weighted by molar-refractivity contribution is 0.547. The molecule has 5 nitrogen and oxygen atoms in total. The molecule has 2 aromatic carbocycles. The monoisotopic (exact) mass is 368 g/mol. The predicted molar refractivity (Wildman–Crippen MR) is 103 cm³/mol. The summed E-state index contributed by atoms with van der Waals surface area (Å²) in [5.41, 5.74) is 2.37. The molecule has 126 valence electrons. The average Bonchev–Trinajstić information content (AvgIpc) is 2.79. The van der Waals surface area contributed by atoms with Crippen LogP contribution in [0.4, 0.5) is 0 Å². The number of hydrazone groups is 1. The van der Waals surface area contributed by atoms with Gasteiger partial charge in [-0.15, -0.1) is 0 Å². The third-order valence-corrected chi connectivity index (χ3v) is 8.57. The lowest BCUT2D eigenvalue weighted by Crippen LogP contribution is -2.54. The zero-order valence-corrected chi connectivity index (χ0v) is 15.9. The minimum absolute atomic E-state index is 0.0250. The van der Waals surface area contributed by atoms with E-state index >= 15 is 0 Å². The normalized spacial score (nSPS) is 13.7. The van der Waals surface area contributed by atoms with Crippen molar-refractivity contribution in [3.63, 3.8) is 0 Å². The summed E-state index contributed by atoms with van der Waals surface area (Å²) in [5.74, 6) is 0.0554. The van der Waals surface area contributed by atoms with Crippen LogP contribution in [0.5, 0.6) is 0 Å². The number of isocyanates is 1. The number of rotatable bonds is 3.